The number of hydrogen-bond donors (Lipinski definition) is 2. The van der Waals surface area contributed by atoms with Crippen molar-refractivity contribution in [3.05, 3.63) is 12.7 Å². The second-order valence-corrected chi connectivity index (χ2v) is 4.56. The van der Waals surface area contributed by atoms with Crippen LogP contribution in [0.3, 0.4) is 0 Å². The van der Waals surface area contributed by atoms with Crippen LogP contribution < -0.4 is 10.6 Å². The van der Waals surface area contributed by atoms with Crippen molar-refractivity contribution in [1.29, 1.82) is 5.26 Å². The van der Waals surface area contributed by atoms with Crippen LogP contribution in [0.15, 0.2) is 12.7 Å². The van der Waals surface area contributed by atoms with Gasteiger partial charge in [-0.15, -0.1) is 6.58 Å². The minimum Gasteiger partial charge on any atom is -0.449 e. The molecule has 0 aliphatic rings. The van der Waals surface area contributed by atoms with Crippen LogP contribution in [0.1, 0.15) is 12.8 Å². The summed E-state index contributed by atoms with van der Waals surface area (Å²) in [5.41, 5.74) is 0. The maximum atomic E-state index is 11.7. The van der Waals surface area contributed by atoms with Crippen LogP contribution in [0.5, 0.6) is 0 Å². The molecule has 1 unspecified atom stereocenters. The summed E-state index contributed by atoms with van der Waals surface area (Å²) in [5.74, 6) is -0.200. The molecule has 0 saturated heterocycles. The number of carbonyl (C=O) groups is 2. The van der Waals surface area contributed by atoms with Crippen molar-refractivity contribution in [3.63, 3.8) is 0 Å². The smallest absolute Gasteiger partial charge is 0.407 e. The molecule has 0 fully saturated rings. The molecule has 0 saturated carbocycles. The Morgan fingerprint density at radius 3 is 2.84 bits per heavy atom. The molecule has 7 heteroatoms. The van der Waals surface area contributed by atoms with Gasteiger partial charge in [0.1, 0.15) is 5.25 Å². The van der Waals surface area contributed by atoms with Gasteiger partial charge in [-0.3, -0.25) is 4.79 Å². The predicted molar refractivity (Wildman–Crippen MR) is 74.7 cm³/mol. The van der Waals surface area contributed by atoms with E-state index in [9.17, 15) is 9.59 Å². The predicted octanol–water partition coefficient (Wildman–Crippen LogP) is 1.05. The Kier molecular flexibility index (Phi) is 10.4. The first-order valence-electron chi connectivity index (χ1n) is 5.84. The molecule has 106 valence electrons. The molecule has 0 aliphatic heterocycles. The van der Waals surface area contributed by atoms with Crippen LogP contribution in [0.2, 0.25) is 0 Å². The summed E-state index contributed by atoms with van der Waals surface area (Å²) < 4.78 is 4.85. The van der Waals surface area contributed by atoms with Gasteiger partial charge in [-0.05, 0) is 12.7 Å². The van der Waals surface area contributed by atoms with Gasteiger partial charge in [0.25, 0.3) is 0 Å². The lowest BCUT2D eigenvalue weighted by atomic mass is 10.3. The number of amides is 2. The molecular formula is C12H19N3O3S. The second kappa shape index (κ2) is 11.4. The number of ether oxygens (including phenoxy) is 1. The van der Waals surface area contributed by atoms with Crippen LogP contribution in [0.4, 0.5) is 4.79 Å². The second-order valence-electron chi connectivity index (χ2n) is 3.52. The van der Waals surface area contributed by atoms with E-state index in [4.69, 9.17) is 10.00 Å². The maximum Gasteiger partial charge on any atom is 0.407 e. The lowest BCUT2D eigenvalue weighted by molar-refractivity contribution is -0.120. The van der Waals surface area contributed by atoms with Crippen LogP contribution in [0, 0.1) is 11.3 Å². The average molecular weight is 285 g/mol. The maximum absolute atomic E-state index is 11.7. The number of alkyl carbamates (subject to hydrolysis) is 1. The summed E-state index contributed by atoms with van der Waals surface area (Å²) in [5, 5.41) is 13.1. The average Bonchev–Trinajstić information content (AvgIpc) is 2.40. The van der Waals surface area contributed by atoms with E-state index in [0.717, 1.165) is 0 Å². The summed E-state index contributed by atoms with van der Waals surface area (Å²) >= 11 is 1.32. The Bertz CT molecular complexity index is 342. The van der Waals surface area contributed by atoms with Gasteiger partial charge in [-0.1, -0.05) is 6.08 Å². The highest BCUT2D eigenvalue weighted by Crippen LogP contribution is 2.05. The minimum absolute atomic E-state index is 0.187. The highest BCUT2D eigenvalue weighted by molar-refractivity contribution is 7.99. The normalized spacial score (nSPS) is 10.9. The van der Waals surface area contributed by atoms with Crippen molar-refractivity contribution < 1.29 is 14.3 Å². The van der Waals surface area contributed by atoms with E-state index < -0.39 is 11.3 Å². The monoisotopic (exact) mass is 285 g/mol. The molecule has 2 N–H and O–H groups in total. The first-order valence-corrected chi connectivity index (χ1v) is 7.13. The number of thioether (sulfide) groups is 1. The van der Waals surface area contributed by atoms with E-state index in [1.807, 2.05) is 6.07 Å². The Morgan fingerprint density at radius 2 is 2.26 bits per heavy atom. The van der Waals surface area contributed by atoms with Crippen molar-refractivity contribution in [2.45, 2.75) is 18.1 Å². The van der Waals surface area contributed by atoms with Gasteiger partial charge >= 0.3 is 6.09 Å². The lowest BCUT2D eigenvalue weighted by Crippen LogP contribution is -2.41. The fourth-order valence-corrected chi connectivity index (χ4v) is 1.65. The Morgan fingerprint density at radius 1 is 1.53 bits per heavy atom. The molecule has 0 spiro atoms. The molecule has 2 amide bonds. The minimum atomic E-state index is -0.550. The SMILES string of the molecule is C=CCCOC(=O)NCC(SC)C(=O)NCCC#N. The summed E-state index contributed by atoms with van der Waals surface area (Å²) in [4.78, 5) is 22.9. The van der Waals surface area contributed by atoms with E-state index in [1.54, 1.807) is 12.3 Å². The first kappa shape index (κ1) is 17.3. The van der Waals surface area contributed by atoms with Gasteiger partial charge in [-0.2, -0.15) is 17.0 Å². The van der Waals surface area contributed by atoms with Crippen LogP contribution in [-0.4, -0.2) is 43.2 Å². The first-order chi connectivity index (χ1) is 9.15. The topological polar surface area (TPSA) is 91.2 Å². The molecule has 1 atom stereocenters. The highest BCUT2D eigenvalue weighted by atomic mass is 32.2. The van der Waals surface area contributed by atoms with Gasteiger partial charge < -0.3 is 15.4 Å². The molecule has 0 aliphatic carbocycles. The summed E-state index contributed by atoms with van der Waals surface area (Å²) in [6, 6.07) is 1.94. The molecule has 0 rings (SSSR count). The number of nitriles is 1. The van der Waals surface area contributed by atoms with Crippen molar-refractivity contribution in [3.8, 4) is 6.07 Å². The largest absolute Gasteiger partial charge is 0.449 e. The lowest BCUT2D eigenvalue weighted by Gasteiger charge is -2.14. The van der Waals surface area contributed by atoms with E-state index in [2.05, 4.69) is 17.2 Å². The Balaban J connectivity index is 3.91. The third-order valence-corrected chi connectivity index (χ3v) is 3.05. The molecular weight excluding hydrogens is 266 g/mol. The fourth-order valence-electron chi connectivity index (χ4n) is 1.10. The van der Waals surface area contributed by atoms with Gasteiger partial charge in [0.2, 0.25) is 5.91 Å². The zero-order valence-electron chi connectivity index (χ0n) is 11.0. The number of nitrogens with one attached hydrogen (secondary N) is 2. The zero-order valence-corrected chi connectivity index (χ0v) is 11.8. The van der Waals surface area contributed by atoms with Crippen molar-refractivity contribution >= 4 is 23.8 Å². The Hall–Kier alpha value is -1.68. The molecule has 0 aromatic carbocycles. The van der Waals surface area contributed by atoms with E-state index in [0.29, 0.717) is 13.0 Å². The quantitative estimate of drug-likeness (QED) is 0.488. The van der Waals surface area contributed by atoms with E-state index in [1.165, 1.54) is 11.8 Å². The summed E-state index contributed by atoms with van der Waals surface area (Å²) in [6.45, 7) is 4.29. The molecule has 6 nitrogen and oxygen atoms in total. The van der Waals surface area contributed by atoms with Gasteiger partial charge in [0.05, 0.1) is 19.1 Å². The third-order valence-electron chi connectivity index (χ3n) is 2.10. The van der Waals surface area contributed by atoms with Gasteiger partial charge in [0.15, 0.2) is 0 Å². The van der Waals surface area contributed by atoms with Crippen molar-refractivity contribution in [1.82, 2.24) is 10.6 Å². The standard InChI is InChI=1S/C12H19N3O3S/c1-3-4-8-18-12(17)15-9-10(19-2)11(16)14-7-5-6-13/h3,10H,1,4-5,7-9H2,2H3,(H,14,16)(H,15,17). The molecule has 0 heterocycles. The van der Waals surface area contributed by atoms with E-state index in [-0.39, 0.29) is 25.5 Å². The third kappa shape index (κ3) is 8.97. The number of carbonyl (C=O) groups excluding carboxylic acids is 2. The van der Waals surface area contributed by atoms with Crippen molar-refractivity contribution in [2.24, 2.45) is 0 Å². The van der Waals surface area contributed by atoms with Crippen LogP contribution in [0.25, 0.3) is 0 Å². The van der Waals surface area contributed by atoms with Crippen LogP contribution in [-0.2, 0) is 9.53 Å². The molecule has 0 aromatic heterocycles. The summed E-state index contributed by atoms with van der Waals surface area (Å²) in [6.07, 6.45) is 3.74. The molecule has 19 heavy (non-hydrogen) atoms. The summed E-state index contributed by atoms with van der Waals surface area (Å²) in [7, 11) is 0. The van der Waals surface area contributed by atoms with Gasteiger partial charge in [0, 0.05) is 13.1 Å². The van der Waals surface area contributed by atoms with Gasteiger partial charge in [-0.25, -0.2) is 4.79 Å². The van der Waals surface area contributed by atoms with Crippen LogP contribution >= 0.6 is 11.8 Å². The molecule has 0 bridgehead atoms. The number of rotatable bonds is 9. The number of hydrogen-bond acceptors (Lipinski definition) is 5. The van der Waals surface area contributed by atoms with E-state index >= 15 is 0 Å². The molecule has 0 radical (unpaired) electrons. The number of nitrogens with zero attached hydrogens (tertiary/aromatic N) is 1. The van der Waals surface area contributed by atoms with Crippen molar-refractivity contribution in [2.75, 3.05) is 26.0 Å². The highest BCUT2D eigenvalue weighted by Gasteiger charge is 2.17. The fraction of sp³-hybridized carbons (Fsp3) is 0.583. The zero-order chi connectivity index (χ0) is 14.5. The molecule has 0 aromatic rings. The Labute approximate surface area is 117 Å².